The third-order valence-electron chi connectivity index (χ3n) is 11.0. The van der Waals surface area contributed by atoms with Gasteiger partial charge in [-0.15, -0.1) is 0 Å². The minimum absolute atomic E-state index is 0.0488. The summed E-state index contributed by atoms with van der Waals surface area (Å²) in [5, 5.41) is 14.1. The van der Waals surface area contributed by atoms with Gasteiger partial charge < -0.3 is 59.8 Å². The highest BCUT2D eigenvalue weighted by Gasteiger charge is 2.72. The number of methoxy groups -OCH3 is 1. The molecule has 0 aromatic heterocycles. The maximum absolute atomic E-state index is 13.3. The predicted molar refractivity (Wildman–Crippen MR) is 219 cm³/mol. The van der Waals surface area contributed by atoms with Crippen molar-refractivity contribution in [3.63, 3.8) is 0 Å². The van der Waals surface area contributed by atoms with Crippen molar-refractivity contribution in [1.82, 2.24) is 26.6 Å². The van der Waals surface area contributed by atoms with Gasteiger partial charge in [-0.3, -0.25) is 14.4 Å². The quantitative estimate of drug-likeness (QED) is 0.0375. The molecule has 16 heteroatoms. The van der Waals surface area contributed by atoms with Gasteiger partial charge >= 0.3 is 6.09 Å². The van der Waals surface area contributed by atoms with Crippen LogP contribution in [0.15, 0.2) is 42.0 Å². The van der Waals surface area contributed by atoms with Gasteiger partial charge in [0, 0.05) is 39.6 Å². The maximum Gasteiger partial charge on any atom is 0.407 e. The van der Waals surface area contributed by atoms with E-state index in [1.54, 1.807) is 7.11 Å². The summed E-state index contributed by atoms with van der Waals surface area (Å²) in [6, 6.07) is 7.80. The van der Waals surface area contributed by atoms with Crippen molar-refractivity contribution in [3.05, 3.63) is 47.5 Å². The summed E-state index contributed by atoms with van der Waals surface area (Å²) < 4.78 is 35.2. The van der Waals surface area contributed by atoms with Gasteiger partial charge in [0.15, 0.2) is 0 Å². The molecule has 8 atom stereocenters. The van der Waals surface area contributed by atoms with E-state index >= 15 is 0 Å². The Hall–Kier alpha value is -3.93. The minimum Gasteiger partial charge on any atom is -0.443 e. The number of allylic oxidation sites excluding steroid dienone is 1. The van der Waals surface area contributed by atoms with Crippen LogP contribution in [0.4, 0.5) is 4.79 Å². The maximum atomic E-state index is 13.3. The van der Waals surface area contributed by atoms with Gasteiger partial charge in [-0.25, -0.2) is 4.79 Å². The second kappa shape index (κ2) is 23.8. The summed E-state index contributed by atoms with van der Waals surface area (Å²) in [7, 11) is 1.65. The molecule has 2 heterocycles. The molecule has 4 amide bonds. The third kappa shape index (κ3) is 15.2. The van der Waals surface area contributed by atoms with Crippen molar-refractivity contribution in [2.45, 2.75) is 115 Å². The van der Waals surface area contributed by atoms with Crippen LogP contribution < -0.4 is 26.6 Å². The first-order chi connectivity index (χ1) is 28.3. The Bertz CT molecular complexity index is 1540. The molecule has 0 radical (unpaired) electrons. The molecule has 330 valence electrons. The molecule has 1 saturated carbocycles. The van der Waals surface area contributed by atoms with E-state index in [0.717, 1.165) is 18.4 Å². The number of amides is 4. The fourth-order valence-electron chi connectivity index (χ4n) is 7.86. The van der Waals surface area contributed by atoms with E-state index in [0.29, 0.717) is 45.5 Å². The molecule has 5 N–H and O–H groups in total. The summed E-state index contributed by atoms with van der Waals surface area (Å²) in [6.45, 7) is 12.7. The number of epoxide rings is 2. The number of rotatable bonds is 27. The van der Waals surface area contributed by atoms with E-state index in [9.17, 15) is 24.0 Å². The van der Waals surface area contributed by atoms with Crippen LogP contribution in [0.25, 0.3) is 0 Å². The van der Waals surface area contributed by atoms with Crippen LogP contribution in [0, 0.1) is 11.8 Å². The lowest BCUT2D eigenvalue weighted by atomic mass is 9.68. The molecule has 0 bridgehead atoms. The molecule has 1 spiro atoms. The van der Waals surface area contributed by atoms with Crippen LogP contribution in [-0.2, 0) is 54.0 Å². The first-order valence-electron chi connectivity index (χ1n) is 21.0. The number of aldehydes is 1. The van der Waals surface area contributed by atoms with Gasteiger partial charge in [0.05, 0.1) is 57.6 Å². The van der Waals surface area contributed by atoms with Gasteiger partial charge in [0.1, 0.15) is 35.7 Å². The number of alkyl carbamates (subject to hydrolysis) is 1. The second-order valence-electron chi connectivity index (χ2n) is 16.4. The summed E-state index contributed by atoms with van der Waals surface area (Å²) in [4.78, 5) is 62.1. The number of nitrogens with one attached hydrogen (secondary N) is 5. The van der Waals surface area contributed by atoms with Crippen LogP contribution in [0.3, 0.4) is 0 Å². The average molecular weight is 830 g/mol. The summed E-state index contributed by atoms with van der Waals surface area (Å²) in [6.07, 6.45) is 4.69. The lowest BCUT2D eigenvalue weighted by molar-refractivity contribution is -0.130. The molecule has 1 aromatic carbocycles. The number of carbonyl (C=O) groups is 5. The Morgan fingerprint density at radius 2 is 1.63 bits per heavy atom. The highest BCUT2D eigenvalue weighted by molar-refractivity contribution is 5.90. The highest BCUT2D eigenvalue weighted by atomic mass is 16.6. The first-order valence-corrected chi connectivity index (χ1v) is 21.0. The molecule has 59 heavy (non-hydrogen) atoms. The lowest BCUT2D eigenvalue weighted by Crippen LogP contribution is -2.56. The normalized spacial score (nSPS) is 25.3. The lowest BCUT2D eigenvalue weighted by Gasteiger charge is -2.42. The number of benzene rings is 1. The molecule has 3 unspecified atom stereocenters. The minimum atomic E-state index is -0.871. The fourth-order valence-corrected chi connectivity index (χ4v) is 7.86. The van der Waals surface area contributed by atoms with Gasteiger partial charge in [-0.1, -0.05) is 55.8 Å². The van der Waals surface area contributed by atoms with E-state index in [4.69, 9.17) is 28.4 Å². The Kier molecular flexibility index (Phi) is 19.2. The number of carbonyl (C=O) groups excluding carboxylic acids is 5. The molecule has 2 saturated heterocycles. The Balaban J connectivity index is 1.06. The van der Waals surface area contributed by atoms with E-state index in [2.05, 4.69) is 53.4 Å². The molecule has 1 aliphatic carbocycles. The summed E-state index contributed by atoms with van der Waals surface area (Å²) in [5.74, 6) is -0.881. The van der Waals surface area contributed by atoms with Gasteiger partial charge in [0.2, 0.25) is 17.7 Å². The summed E-state index contributed by atoms with van der Waals surface area (Å²) >= 11 is 0. The monoisotopic (exact) mass is 829 g/mol. The van der Waals surface area contributed by atoms with Crippen molar-refractivity contribution in [2.75, 3.05) is 66.3 Å². The van der Waals surface area contributed by atoms with Crippen LogP contribution in [0.1, 0.15) is 72.3 Å². The highest BCUT2D eigenvalue weighted by Crippen LogP contribution is 2.59. The van der Waals surface area contributed by atoms with Gasteiger partial charge in [-0.05, 0) is 57.9 Å². The number of hydrogen-bond acceptors (Lipinski definition) is 12. The van der Waals surface area contributed by atoms with Crippen molar-refractivity contribution >= 4 is 30.1 Å². The predicted octanol–water partition coefficient (Wildman–Crippen LogP) is 2.38. The molecular weight excluding hydrogens is 762 g/mol. The fraction of sp³-hybridized carbons (Fsp3) is 0.698. The summed E-state index contributed by atoms with van der Waals surface area (Å²) in [5.41, 5.74) is 1.41. The Morgan fingerprint density at radius 3 is 2.25 bits per heavy atom. The molecule has 1 aromatic rings. The van der Waals surface area contributed by atoms with E-state index < -0.39 is 35.8 Å². The third-order valence-corrected chi connectivity index (χ3v) is 11.0. The van der Waals surface area contributed by atoms with Crippen molar-refractivity contribution in [2.24, 2.45) is 11.8 Å². The largest absolute Gasteiger partial charge is 0.443 e. The van der Waals surface area contributed by atoms with Crippen LogP contribution >= 0.6 is 0 Å². The first kappa shape index (κ1) is 47.7. The number of hydrogen-bond donors (Lipinski definition) is 5. The zero-order valence-electron chi connectivity index (χ0n) is 35.7. The molecule has 2 aliphatic heterocycles. The van der Waals surface area contributed by atoms with E-state index in [-0.39, 0.29) is 87.1 Å². The van der Waals surface area contributed by atoms with Crippen LogP contribution in [0.2, 0.25) is 0 Å². The smallest absolute Gasteiger partial charge is 0.407 e. The zero-order valence-corrected chi connectivity index (χ0v) is 35.7. The topological polar surface area (TPSA) is 207 Å². The Labute approximate surface area is 348 Å². The average Bonchev–Trinajstić information content (AvgIpc) is 4.13. The van der Waals surface area contributed by atoms with Gasteiger partial charge in [-0.2, -0.15) is 0 Å². The Morgan fingerprint density at radius 1 is 0.932 bits per heavy atom. The van der Waals surface area contributed by atoms with E-state index in [1.165, 1.54) is 5.57 Å². The standard InChI is InChI=1S/C43H67N5O11/c1-29(2)12-13-35-42(5,59-35)38-37(54-6)34(14-16-43(38)28-57-43)58-41(53)47-20-23-56-25-24-55-22-19-45-36(50)15-17-44-32(26-30(3)4)40(52)48-33(39(51)46-18-21-49)27-31-10-8-7-9-11-31/h7-12,21,30,32-35,37-38,44H,13-20,22-28H2,1-6H3,(H,45,50)(H,46,51)(H,47,53)(H,48,52)/t32-,33-,34?,35+,37?,38?,42-,43-/m0/s1. The van der Waals surface area contributed by atoms with Crippen LogP contribution in [-0.4, -0.2) is 138 Å². The number of ether oxygens (including phenoxy) is 6. The SMILES string of the molecule is COC1C(OC(=O)NCCOCCOCCNC(=O)CCN[C@@H](CC(C)C)C(=O)N[C@@H](Cc2ccccc2)C(=O)NCC=O)CC[C@]2(CO2)C1[C@@]1(C)O[C@@H]1CC=C(C)C. The van der Waals surface area contributed by atoms with Crippen LogP contribution in [0.5, 0.6) is 0 Å². The zero-order chi connectivity index (χ0) is 42.8. The van der Waals surface area contributed by atoms with Crippen molar-refractivity contribution < 1.29 is 52.4 Å². The second-order valence-corrected chi connectivity index (χ2v) is 16.4. The van der Waals surface area contributed by atoms with Gasteiger partial charge in [0.25, 0.3) is 0 Å². The molecule has 3 aliphatic rings. The van der Waals surface area contributed by atoms with Crippen molar-refractivity contribution in [1.29, 1.82) is 0 Å². The molecular formula is C43H67N5O11. The van der Waals surface area contributed by atoms with E-state index in [1.807, 2.05) is 44.2 Å². The molecule has 16 nitrogen and oxygen atoms in total. The molecule has 4 rings (SSSR count). The van der Waals surface area contributed by atoms with Crippen molar-refractivity contribution in [3.8, 4) is 0 Å². The molecule has 3 fully saturated rings.